The lowest BCUT2D eigenvalue weighted by Crippen LogP contribution is -2.38. The van der Waals surface area contributed by atoms with Crippen molar-refractivity contribution in [3.63, 3.8) is 0 Å². The van der Waals surface area contributed by atoms with Gasteiger partial charge in [0.25, 0.3) is 0 Å². The van der Waals surface area contributed by atoms with Crippen LogP contribution in [0.5, 0.6) is 0 Å². The molecule has 0 aliphatic rings. The van der Waals surface area contributed by atoms with E-state index in [1.807, 2.05) is 0 Å². The van der Waals surface area contributed by atoms with Gasteiger partial charge in [0.2, 0.25) is 5.91 Å². The van der Waals surface area contributed by atoms with Crippen molar-refractivity contribution in [1.82, 2.24) is 10.2 Å². The summed E-state index contributed by atoms with van der Waals surface area (Å²) in [5.74, 6) is 1.30. The average Bonchev–Trinajstić information content (AvgIpc) is 2.47. The average molecular weight is 306 g/mol. The predicted molar refractivity (Wildman–Crippen MR) is 80.2 cm³/mol. The molecule has 0 aromatic heterocycles. The van der Waals surface area contributed by atoms with Crippen LogP contribution in [0.4, 0.5) is 4.39 Å². The second kappa shape index (κ2) is 8.80. The summed E-state index contributed by atoms with van der Waals surface area (Å²) in [6, 6.07) is 5.01. The fraction of sp³-hybridized carbons (Fsp3) is 0.375. The summed E-state index contributed by atoms with van der Waals surface area (Å²) in [5.41, 5.74) is 0.625. The molecule has 0 heterocycles. The van der Waals surface area contributed by atoms with E-state index in [0.717, 1.165) is 0 Å². The normalized spacial score (nSPS) is 11.6. The minimum Gasteiger partial charge on any atom is -0.469 e. The van der Waals surface area contributed by atoms with Gasteiger partial charge >= 0.3 is 5.97 Å². The van der Waals surface area contributed by atoms with Crippen molar-refractivity contribution in [3.05, 3.63) is 35.6 Å². The molecule has 1 atom stereocenters. The van der Waals surface area contributed by atoms with E-state index >= 15 is 0 Å². The van der Waals surface area contributed by atoms with Gasteiger partial charge in [-0.05, 0) is 24.7 Å². The topological polar surface area (TPSA) is 58.6 Å². The molecule has 6 heteroatoms. The zero-order valence-corrected chi connectivity index (χ0v) is 12.6. The van der Waals surface area contributed by atoms with Gasteiger partial charge in [0, 0.05) is 0 Å². The number of ether oxygens (including phenoxy) is 1. The first-order valence-electron chi connectivity index (χ1n) is 6.70. The van der Waals surface area contributed by atoms with Crippen LogP contribution in [0.25, 0.3) is 0 Å². The Morgan fingerprint density at radius 2 is 2.05 bits per heavy atom. The number of terminal acetylenes is 1. The third-order valence-electron chi connectivity index (χ3n) is 2.98. The van der Waals surface area contributed by atoms with Gasteiger partial charge in [-0.2, -0.15) is 0 Å². The van der Waals surface area contributed by atoms with E-state index in [-0.39, 0.29) is 24.7 Å². The summed E-state index contributed by atoms with van der Waals surface area (Å²) < 4.78 is 17.6. The van der Waals surface area contributed by atoms with Crippen molar-refractivity contribution >= 4 is 11.9 Å². The molecule has 0 unspecified atom stereocenters. The van der Waals surface area contributed by atoms with Crippen LogP contribution in [0.2, 0.25) is 0 Å². The molecule has 22 heavy (non-hydrogen) atoms. The van der Waals surface area contributed by atoms with Crippen molar-refractivity contribution in [2.45, 2.75) is 12.5 Å². The van der Waals surface area contributed by atoms with Crippen LogP contribution in [0.1, 0.15) is 18.0 Å². The number of benzene rings is 1. The molecule has 0 saturated carbocycles. The number of carbonyl (C=O) groups is 2. The quantitative estimate of drug-likeness (QED) is 0.606. The maximum Gasteiger partial charge on any atom is 0.307 e. The zero-order chi connectivity index (χ0) is 16.5. The van der Waals surface area contributed by atoms with Gasteiger partial charge in [0.1, 0.15) is 5.82 Å². The monoisotopic (exact) mass is 306 g/mol. The fourth-order valence-corrected chi connectivity index (χ4v) is 1.89. The number of likely N-dealkylation sites (N-methyl/N-ethyl adjacent to an activating group) is 1. The van der Waals surface area contributed by atoms with E-state index in [2.05, 4.69) is 16.0 Å². The highest BCUT2D eigenvalue weighted by molar-refractivity contribution is 5.79. The lowest BCUT2D eigenvalue weighted by Gasteiger charge is -2.20. The Morgan fingerprint density at radius 3 is 2.59 bits per heavy atom. The molecule has 0 fully saturated rings. The van der Waals surface area contributed by atoms with Crippen molar-refractivity contribution in [1.29, 1.82) is 0 Å². The first kappa shape index (κ1) is 17.7. The molecule has 0 spiro atoms. The predicted octanol–water partition coefficient (Wildman–Crippen LogP) is 1.11. The first-order valence-corrected chi connectivity index (χ1v) is 6.70. The Kier molecular flexibility index (Phi) is 7.06. The Labute approximate surface area is 129 Å². The third kappa shape index (κ3) is 5.94. The summed E-state index contributed by atoms with van der Waals surface area (Å²) in [6.45, 7) is 0.439. The summed E-state index contributed by atoms with van der Waals surface area (Å²) in [6.07, 6.45) is 5.14. The number of hydrogen-bond acceptors (Lipinski definition) is 4. The van der Waals surface area contributed by atoms with E-state index in [4.69, 9.17) is 6.42 Å². The molecule has 5 nitrogen and oxygen atoms in total. The molecule has 0 bridgehead atoms. The van der Waals surface area contributed by atoms with Crippen LogP contribution in [0.3, 0.4) is 0 Å². The molecular formula is C16H19FN2O3. The molecule has 0 saturated heterocycles. The first-order chi connectivity index (χ1) is 10.5. The molecule has 0 radical (unpaired) electrons. The van der Waals surface area contributed by atoms with Crippen molar-refractivity contribution < 1.29 is 18.7 Å². The van der Waals surface area contributed by atoms with Gasteiger partial charge < -0.3 is 10.1 Å². The smallest absolute Gasteiger partial charge is 0.307 e. The number of nitrogens with one attached hydrogen (secondary N) is 1. The minimum atomic E-state index is -0.584. The molecule has 1 aromatic rings. The number of hydrogen-bond donors (Lipinski definition) is 1. The van der Waals surface area contributed by atoms with Crippen LogP contribution in [-0.4, -0.2) is 44.0 Å². The van der Waals surface area contributed by atoms with Crippen LogP contribution in [-0.2, 0) is 14.3 Å². The second-order valence-electron chi connectivity index (χ2n) is 4.83. The number of carbonyl (C=O) groups excluding carboxylic acids is 2. The zero-order valence-electron chi connectivity index (χ0n) is 12.6. The summed E-state index contributed by atoms with van der Waals surface area (Å²) in [7, 11) is 2.99. The summed E-state index contributed by atoms with van der Waals surface area (Å²) >= 11 is 0. The maximum absolute atomic E-state index is 13.0. The number of esters is 1. The van der Waals surface area contributed by atoms with E-state index in [1.165, 1.54) is 31.4 Å². The van der Waals surface area contributed by atoms with Gasteiger partial charge in [-0.15, -0.1) is 6.42 Å². The van der Waals surface area contributed by atoms with E-state index in [0.29, 0.717) is 12.1 Å². The highest BCUT2D eigenvalue weighted by atomic mass is 19.1. The summed E-state index contributed by atoms with van der Waals surface area (Å²) in [4.78, 5) is 25.1. The van der Waals surface area contributed by atoms with Gasteiger partial charge in [-0.25, -0.2) is 4.39 Å². The molecule has 1 aromatic carbocycles. The number of nitrogens with zero attached hydrogens (tertiary/aromatic N) is 1. The Bertz CT molecular complexity index is 552. The van der Waals surface area contributed by atoms with Crippen molar-refractivity contribution in [2.24, 2.45) is 0 Å². The van der Waals surface area contributed by atoms with E-state index in [9.17, 15) is 14.0 Å². The number of halogens is 1. The van der Waals surface area contributed by atoms with Gasteiger partial charge in [0.05, 0.1) is 32.7 Å². The standard InChI is InChI=1S/C16H19FN2O3/c1-4-9-19(2)11-15(20)18-14(10-16(21)22-3)12-5-7-13(17)8-6-12/h1,5-8,14H,9-11H2,2-3H3,(H,18,20)/t14-/m0/s1. The number of methoxy groups -OCH3 is 1. The molecule has 118 valence electrons. The highest BCUT2D eigenvalue weighted by Crippen LogP contribution is 2.18. The van der Waals surface area contributed by atoms with E-state index < -0.39 is 12.0 Å². The molecule has 1 amide bonds. The highest BCUT2D eigenvalue weighted by Gasteiger charge is 2.19. The van der Waals surface area contributed by atoms with Crippen LogP contribution in [0, 0.1) is 18.2 Å². The molecule has 0 aliphatic heterocycles. The van der Waals surface area contributed by atoms with E-state index in [1.54, 1.807) is 11.9 Å². The minimum absolute atomic E-state index is 0.0350. The van der Waals surface area contributed by atoms with Crippen molar-refractivity contribution in [3.8, 4) is 12.3 Å². The number of rotatable bonds is 7. The van der Waals surface area contributed by atoms with Crippen LogP contribution in [0.15, 0.2) is 24.3 Å². The molecule has 1 rings (SSSR count). The molecular weight excluding hydrogens is 287 g/mol. The Balaban J connectivity index is 2.78. The van der Waals surface area contributed by atoms with Crippen LogP contribution < -0.4 is 5.32 Å². The largest absolute Gasteiger partial charge is 0.469 e. The van der Waals surface area contributed by atoms with Gasteiger partial charge in [-0.1, -0.05) is 18.1 Å². The van der Waals surface area contributed by atoms with Gasteiger partial charge in [0.15, 0.2) is 0 Å². The van der Waals surface area contributed by atoms with Crippen molar-refractivity contribution in [2.75, 3.05) is 27.2 Å². The van der Waals surface area contributed by atoms with Crippen LogP contribution >= 0.6 is 0 Å². The third-order valence-corrected chi connectivity index (χ3v) is 2.98. The Hall–Kier alpha value is -2.39. The number of amides is 1. The lowest BCUT2D eigenvalue weighted by atomic mass is 10.0. The SMILES string of the molecule is C#CCN(C)CC(=O)N[C@@H](CC(=O)OC)c1ccc(F)cc1. The molecule has 1 N–H and O–H groups in total. The lowest BCUT2D eigenvalue weighted by molar-refractivity contribution is -0.141. The Morgan fingerprint density at radius 1 is 1.41 bits per heavy atom. The maximum atomic E-state index is 13.0. The summed E-state index contributed by atoms with van der Waals surface area (Å²) in [5, 5.41) is 2.73. The van der Waals surface area contributed by atoms with Gasteiger partial charge in [-0.3, -0.25) is 14.5 Å². The fourth-order valence-electron chi connectivity index (χ4n) is 1.89. The second-order valence-corrected chi connectivity index (χ2v) is 4.83. The molecule has 0 aliphatic carbocycles.